The van der Waals surface area contributed by atoms with Gasteiger partial charge >= 0.3 is 0 Å². The molecule has 0 fully saturated rings. The minimum atomic E-state index is -0.191. The lowest BCUT2D eigenvalue weighted by Crippen LogP contribution is -2.36. The van der Waals surface area contributed by atoms with Gasteiger partial charge in [0.25, 0.3) is 5.91 Å². The van der Waals surface area contributed by atoms with Crippen molar-refractivity contribution in [2.45, 2.75) is 26.8 Å². The van der Waals surface area contributed by atoms with Crippen molar-refractivity contribution in [1.82, 2.24) is 20.3 Å². The summed E-state index contributed by atoms with van der Waals surface area (Å²) >= 11 is 0. The molecule has 1 aromatic carbocycles. The maximum Gasteiger partial charge on any atom is 0.273 e. The number of amides is 1. The van der Waals surface area contributed by atoms with Gasteiger partial charge in [0.2, 0.25) is 0 Å². The van der Waals surface area contributed by atoms with E-state index in [0.29, 0.717) is 11.6 Å². The summed E-state index contributed by atoms with van der Waals surface area (Å²) in [5.74, 6) is 0.191. The molecule has 0 bridgehead atoms. The molecule has 19 heavy (non-hydrogen) atoms. The largest absolute Gasteiger partial charge is 0.348 e. The molecule has 100 valence electrons. The Morgan fingerprint density at radius 2 is 1.89 bits per heavy atom. The normalized spacial score (nSPS) is 12.4. The first-order valence-corrected chi connectivity index (χ1v) is 6.36. The van der Waals surface area contributed by atoms with Gasteiger partial charge in [0.15, 0.2) is 5.69 Å². The molecule has 0 aliphatic rings. The number of rotatable bonds is 4. The maximum atomic E-state index is 12.0. The van der Waals surface area contributed by atoms with Crippen LogP contribution in [0.1, 0.15) is 31.3 Å². The summed E-state index contributed by atoms with van der Waals surface area (Å²) in [5.41, 5.74) is 1.21. The number of nitrogens with one attached hydrogen (secondary N) is 1. The summed E-state index contributed by atoms with van der Waals surface area (Å²) in [4.78, 5) is 12.0. The lowest BCUT2D eigenvalue weighted by Gasteiger charge is -2.16. The predicted molar refractivity (Wildman–Crippen MR) is 73.1 cm³/mol. The zero-order valence-corrected chi connectivity index (χ0v) is 11.4. The highest BCUT2D eigenvalue weighted by atomic mass is 16.2. The van der Waals surface area contributed by atoms with Crippen LogP contribution in [0.3, 0.4) is 0 Å². The van der Waals surface area contributed by atoms with Crippen LogP contribution in [-0.4, -0.2) is 26.9 Å². The van der Waals surface area contributed by atoms with Crippen molar-refractivity contribution >= 4 is 5.91 Å². The van der Waals surface area contributed by atoms with Gasteiger partial charge in [0, 0.05) is 6.04 Å². The molecule has 2 rings (SSSR count). The highest BCUT2D eigenvalue weighted by Gasteiger charge is 2.15. The molecule has 0 unspecified atom stereocenters. The van der Waals surface area contributed by atoms with E-state index in [0.717, 1.165) is 5.69 Å². The molecule has 0 saturated heterocycles. The van der Waals surface area contributed by atoms with E-state index in [1.165, 1.54) is 0 Å². The van der Waals surface area contributed by atoms with Gasteiger partial charge in [-0.1, -0.05) is 37.3 Å². The summed E-state index contributed by atoms with van der Waals surface area (Å²) in [7, 11) is 0. The highest BCUT2D eigenvalue weighted by Crippen LogP contribution is 2.06. The van der Waals surface area contributed by atoms with Gasteiger partial charge in [-0.05, 0) is 25.0 Å². The summed E-state index contributed by atoms with van der Waals surface area (Å²) in [6, 6.07) is 9.68. The molecule has 1 heterocycles. The van der Waals surface area contributed by atoms with E-state index in [1.807, 2.05) is 37.3 Å². The van der Waals surface area contributed by atoms with Gasteiger partial charge in [-0.2, -0.15) is 0 Å². The zero-order valence-electron chi connectivity index (χ0n) is 11.4. The fourth-order valence-corrected chi connectivity index (χ4v) is 1.52. The summed E-state index contributed by atoms with van der Waals surface area (Å²) < 4.78 is 1.59. The fraction of sp³-hybridized carbons (Fsp3) is 0.357. The Balaban J connectivity index is 2.11. The standard InChI is InChI=1S/C14H18N4O/c1-10(2)11(3)15-14(19)13-9-18(17-16-13)12-7-5-4-6-8-12/h4-11H,1-3H3,(H,15,19)/t11-/m1/s1. The second-order valence-corrected chi connectivity index (χ2v) is 4.89. The van der Waals surface area contributed by atoms with E-state index in [4.69, 9.17) is 0 Å². The summed E-state index contributed by atoms with van der Waals surface area (Å²) in [5, 5.41) is 10.8. The topological polar surface area (TPSA) is 59.8 Å². The molecular weight excluding hydrogens is 240 g/mol. The van der Waals surface area contributed by atoms with Crippen molar-refractivity contribution in [1.29, 1.82) is 0 Å². The van der Waals surface area contributed by atoms with E-state index in [9.17, 15) is 4.79 Å². The number of hydrogen-bond donors (Lipinski definition) is 1. The minimum absolute atomic E-state index is 0.106. The van der Waals surface area contributed by atoms with Crippen LogP contribution in [0.15, 0.2) is 36.5 Å². The van der Waals surface area contributed by atoms with Crippen LogP contribution in [-0.2, 0) is 0 Å². The average Bonchev–Trinajstić information content (AvgIpc) is 2.89. The van der Waals surface area contributed by atoms with Crippen LogP contribution in [0.25, 0.3) is 5.69 Å². The fourth-order valence-electron chi connectivity index (χ4n) is 1.52. The molecule has 0 spiro atoms. The third kappa shape index (κ3) is 3.19. The summed E-state index contributed by atoms with van der Waals surface area (Å²) in [6.07, 6.45) is 1.64. The van der Waals surface area contributed by atoms with Crippen LogP contribution >= 0.6 is 0 Å². The smallest absolute Gasteiger partial charge is 0.273 e. The van der Waals surface area contributed by atoms with Crippen molar-refractivity contribution in [3.05, 3.63) is 42.2 Å². The van der Waals surface area contributed by atoms with Crippen molar-refractivity contribution in [2.75, 3.05) is 0 Å². The average molecular weight is 258 g/mol. The van der Waals surface area contributed by atoms with Crippen LogP contribution < -0.4 is 5.32 Å². The Morgan fingerprint density at radius 1 is 1.21 bits per heavy atom. The lowest BCUT2D eigenvalue weighted by atomic mass is 10.1. The molecular formula is C14H18N4O. The number of benzene rings is 1. The minimum Gasteiger partial charge on any atom is -0.348 e. The summed E-state index contributed by atoms with van der Waals surface area (Å²) in [6.45, 7) is 6.10. The molecule has 1 aromatic heterocycles. The Kier molecular flexibility index (Phi) is 3.94. The number of aromatic nitrogens is 3. The number of para-hydroxylation sites is 1. The first kappa shape index (κ1) is 13.3. The van der Waals surface area contributed by atoms with Crippen LogP contribution in [0.4, 0.5) is 0 Å². The van der Waals surface area contributed by atoms with Gasteiger partial charge in [-0.25, -0.2) is 4.68 Å². The van der Waals surface area contributed by atoms with E-state index >= 15 is 0 Å². The molecule has 5 nitrogen and oxygen atoms in total. The monoisotopic (exact) mass is 258 g/mol. The van der Waals surface area contributed by atoms with Gasteiger partial charge in [-0.3, -0.25) is 4.79 Å². The van der Waals surface area contributed by atoms with Crippen molar-refractivity contribution in [3.8, 4) is 5.69 Å². The molecule has 0 radical (unpaired) electrons. The second-order valence-electron chi connectivity index (χ2n) is 4.89. The van der Waals surface area contributed by atoms with Crippen molar-refractivity contribution in [3.63, 3.8) is 0 Å². The van der Waals surface area contributed by atoms with Gasteiger partial charge < -0.3 is 5.32 Å². The molecule has 0 saturated carbocycles. The molecule has 1 N–H and O–H groups in total. The lowest BCUT2D eigenvalue weighted by molar-refractivity contribution is 0.0925. The van der Waals surface area contributed by atoms with Crippen LogP contribution in [0.2, 0.25) is 0 Å². The molecule has 0 aliphatic heterocycles. The SMILES string of the molecule is CC(C)[C@@H](C)NC(=O)c1cn(-c2ccccc2)nn1. The second kappa shape index (κ2) is 5.65. The quantitative estimate of drug-likeness (QED) is 0.913. The van der Waals surface area contributed by atoms with Crippen LogP contribution in [0, 0.1) is 5.92 Å². The third-order valence-electron chi connectivity index (χ3n) is 3.11. The Bertz CT molecular complexity index is 548. The molecule has 1 atom stereocenters. The Labute approximate surface area is 112 Å². The van der Waals surface area contributed by atoms with Gasteiger partial charge in [0.1, 0.15) is 0 Å². The van der Waals surface area contributed by atoms with E-state index in [1.54, 1.807) is 10.9 Å². The van der Waals surface area contributed by atoms with Gasteiger partial charge in [-0.15, -0.1) is 5.10 Å². The Hall–Kier alpha value is -2.17. The molecule has 1 amide bonds. The Morgan fingerprint density at radius 3 is 2.53 bits per heavy atom. The predicted octanol–water partition coefficient (Wildman–Crippen LogP) is 2.04. The molecule has 2 aromatic rings. The first-order valence-electron chi connectivity index (χ1n) is 6.36. The van der Waals surface area contributed by atoms with E-state index < -0.39 is 0 Å². The number of nitrogens with zero attached hydrogens (tertiary/aromatic N) is 3. The van der Waals surface area contributed by atoms with Crippen molar-refractivity contribution < 1.29 is 4.79 Å². The van der Waals surface area contributed by atoms with E-state index in [-0.39, 0.29) is 11.9 Å². The highest BCUT2D eigenvalue weighted by molar-refractivity contribution is 5.92. The zero-order chi connectivity index (χ0) is 13.8. The van der Waals surface area contributed by atoms with E-state index in [2.05, 4.69) is 29.5 Å². The third-order valence-corrected chi connectivity index (χ3v) is 3.11. The number of hydrogen-bond acceptors (Lipinski definition) is 3. The van der Waals surface area contributed by atoms with Crippen molar-refractivity contribution in [2.24, 2.45) is 5.92 Å². The van der Waals surface area contributed by atoms with Crippen LogP contribution in [0.5, 0.6) is 0 Å². The first-order chi connectivity index (χ1) is 9.08. The molecule has 5 heteroatoms. The molecule has 0 aliphatic carbocycles. The maximum absolute atomic E-state index is 12.0. The number of carbonyl (C=O) groups is 1. The number of carbonyl (C=O) groups excluding carboxylic acids is 1. The van der Waals surface area contributed by atoms with Gasteiger partial charge in [0.05, 0.1) is 11.9 Å².